The molecule has 1 aromatic carbocycles. The molecule has 154 valence electrons. The Morgan fingerprint density at radius 1 is 1.17 bits per heavy atom. The first kappa shape index (κ1) is 22.7. The SMILES string of the molecule is CCN(CC)CCOC(=O)c1ccc(NC(=S)NC(=O)C=Cc2cccs2)cc1. The van der Waals surface area contributed by atoms with Gasteiger partial charge in [0, 0.05) is 23.2 Å². The highest BCUT2D eigenvalue weighted by Crippen LogP contribution is 2.11. The molecule has 0 aliphatic carbocycles. The zero-order valence-electron chi connectivity index (χ0n) is 16.5. The molecule has 0 radical (unpaired) electrons. The number of hydrogen-bond donors (Lipinski definition) is 2. The molecule has 0 aliphatic rings. The van der Waals surface area contributed by atoms with Gasteiger partial charge in [0.1, 0.15) is 6.61 Å². The van der Waals surface area contributed by atoms with Crippen molar-refractivity contribution in [3.05, 3.63) is 58.3 Å². The molecule has 0 bridgehead atoms. The van der Waals surface area contributed by atoms with Gasteiger partial charge in [0.05, 0.1) is 5.56 Å². The van der Waals surface area contributed by atoms with Crippen molar-refractivity contribution in [2.75, 3.05) is 31.6 Å². The fourth-order valence-corrected chi connectivity index (χ4v) is 3.28. The lowest BCUT2D eigenvalue weighted by Gasteiger charge is -2.17. The van der Waals surface area contributed by atoms with Crippen molar-refractivity contribution in [1.82, 2.24) is 10.2 Å². The van der Waals surface area contributed by atoms with E-state index in [0.717, 1.165) is 18.0 Å². The molecule has 1 heterocycles. The highest BCUT2D eigenvalue weighted by molar-refractivity contribution is 7.80. The molecule has 2 N–H and O–H groups in total. The normalized spacial score (nSPS) is 10.9. The summed E-state index contributed by atoms with van der Waals surface area (Å²) in [5.74, 6) is -0.678. The summed E-state index contributed by atoms with van der Waals surface area (Å²) in [5.41, 5.74) is 1.13. The first-order chi connectivity index (χ1) is 14.0. The number of carbonyl (C=O) groups is 2. The average Bonchev–Trinajstić information content (AvgIpc) is 3.23. The maximum absolute atomic E-state index is 12.1. The molecule has 29 heavy (non-hydrogen) atoms. The number of anilines is 1. The van der Waals surface area contributed by atoms with Crippen molar-refractivity contribution < 1.29 is 14.3 Å². The van der Waals surface area contributed by atoms with E-state index in [2.05, 4.69) is 29.4 Å². The van der Waals surface area contributed by atoms with Gasteiger partial charge >= 0.3 is 5.97 Å². The number of esters is 1. The zero-order valence-corrected chi connectivity index (χ0v) is 18.1. The molecule has 0 unspecified atom stereocenters. The fraction of sp³-hybridized carbons (Fsp3) is 0.286. The summed E-state index contributed by atoms with van der Waals surface area (Å²) in [4.78, 5) is 27.2. The number of ether oxygens (including phenoxy) is 1. The summed E-state index contributed by atoms with van der Waals surface area (Å²) in [6.07, 6.45) is 3.15. The van der Waals surface area contributed by atoms with Gasteiger partial charge in [-0.1, -0.05) is 19.9 Å². The maximum Gasteiger partial charge on any atom is 0.338 e. The molecule has 0 aliphatic heterocycles. The first-order valence-electron chi connectivity index (χ1n) is 9.35. The molecule has 0 saturated heterocycles. The molecule has 0 saturated carbocycles. The molecule has 1 aromatic heterocycles. The minimum atomic E-state index is -0.363. The lowest BCUT2D eigenvalue weighted by molar-refractivity contribution is -0.115. The molecule has 1 amide bonds. The lowest BCUT2D eigenvalue weighted by Crippen LogP contribution is -2.32. The number of likely N-dealkylation sites (N-methyl/N-ethyl adjacent to an activating group) is 1. The van der Waals surface area contributed by atoms with Crippen molar-refractivity contribution in [3.8, 4) is 0 Å². The Balaban J connectivity index is 1.78. The van der Waals surface area contributed by atoms with Crippen LogP contribution in [0.25, 0.3) is 6.08 Å². The summed E-state index contributed by atoms with van der Waals surface area (Å²) < 4.78 is 5.30. The highest BCUT2D eigenvalue weighted by Gasteiger charge is 2.09. The quantitative estimate of drug-likeness (QED) is 0.358. The smallest absolute Gasteiger partial charge is 0.338 e. The third-order valence-electron chi connectivity index (χ3n) is 4.09. The third-order valence-corrected chi connectivity index (χ3v) is 5.13. The van der Waals surface area contributed by atoms with Crippen LogP contribution in [0.15, 0.2) is 47.9 Å². The molecule has 8 heteroatoms. The van der Waals surface area contributed by atoms with Crippen LogP contribution >= 0.6 is 23.6 Å². The Morgan fingerprint density at radius 2 is 1.90 bits per heavy atom. The lowest BCUT2D eigenvalue weighted by atomic mass is 10.2. The molecule has 6 nitrogen and oxygen atoms in total. The van der Waals surface area contributed by atoms with E-state index in [4.69, 9.17) is 17.0 Å². The van der Waals surface area contributed by atoms with Gasteiger partial charge in [-0.3, -0.25) is 10.1 Å². The number of hydrogen-bond acceptors (Lipinski definition) is 6. The minimum Gasteiger partial charge on any atom is -0.461 e. The molecule has 0 atom stereocenters. The molecule has 2 aromatic rings. The van der Waals surface area contributed by atoms with Crippen LogP contribution in [-0.2, 0) is 9.53 Å². The summed E-state index contributed by atoms with van der Waals surface area (Å²) in [6.45, 7) is 7.07. The summed E-state index contributed by atoms with van der Waals surface area (Å²) >= 11 is 6.69. The van der Waals surface area contributed by atoms with E-state index < -0.39 is 0 Å². The molecule has 2 rings (SSSR count). The Labute approximate surface area is 180 Å². The van der Waals surface area contributed by atoms with E-state index in [1.165, 1.54) is 6.08 Å². The van der Waals surface area contributed by atoms with Gasteiger partial charge < -0.3 is 15.0 Å². The van der Waals surface area contributed by atoms with Crippen LogP contribution < -0.4 is 10.6 Å². The zero-order chi connectivity index (χ0) is 21.1. The number of carbonyl (C=O) groups excluding carboxylic acids is 2. The maximum atomic E-state index is 12.1. The summed E-state index contributed by atoms with van der Waals surface area (Å²) in [5, 5.41) is 7.62. The van der Waals surface area contributed by atoms with Crippen LogP contribution in [0.5, 0.6) is 0 Å². The molecule has 0 spiro atoms. The second-order valence-corrected chi connectivity index (χ2v) is 7.42. The topological polar surface area (TPSA) is 70.7 Å². The second kappa shape index (κ2) is 12.1. The number of nitrogens with zero attached hydrogens (tertiary/aromatic N) is 1. The summed E-state index contributed by atoms with van der Waals surface area (Å²) in [6, 6.07) is 10.6. The van der Waals surface area contributed by atoms with E-state index >= 15 is 0 Å². The van der Waals surface area contributed by atoms with Gasteiger partial charge in [-0.25, -0.2) is 4.79 Å². The van der Waals surface area contributed by atoms with E-state index in [1.807, 2.05) is 17.5 Å². The number of benzene rings is 1. The number of amides is 1. The largest absolute Gasteiger partial charge is 0.461 e. The minimum absolute atomic E-state index is 0.181. The van der Waals surface area contributed by atoms with Crippen LogP contribution in [0, 0.1) is 0 Å². The van der Waals surface area contributed by atoms with Crippen LogP contribution in [0.1, 0.15) is 29.1 Å². The van der Waals surface area contributed by atoms with Crippen molar-refractivity contribution in [3.63, 3.8) is 0 Å². The van der Waals surface area contributed by atoms with Crippen LogP contribution in [0.3, 0.4) is 0 Å². The Morgan fingerprint density at radius 3 is 2.52 bits per heavy atom. The number of thiocarbonyl (C=S) groups is 1. The van der Waals surface area contributed by atoms with Crippen molar-refractivity contribution >= 4 is 52.3 Å². The predicted molar refractivity (Wildman–Crippen MR) is 122 cm³/mol. The molecular formula is C21H25N3O3S2. The van der Waals surface area contributed by atoms with Gasteiger partial charge in [-0.2, -0.15) is 0 Å². The molecular weight excluding hydrogens is 406 g/mol. The first-order valence-corrected chi connectivity index (χ1v) is 10.6. The van der Waals surface area contributed by atoms with Crippen molar-refractivity contribution in [2.24, 2.45) is 0 Å². The second-order valence-electron chi connectivity index (χ2n) is 6.03. The highest BCUT2D eigenvalue weighted by atomic mass is 32.1. The third kappa shape index (κ3) is 8.15. The van der Waals surface area contributed by atoms with E-state index in [0.29, 0.717) is 24.4 Å². The number of rotatable bonds is 9. The van der Waals surface area contributed by atoms with Gasteiger partial charge in [-0.15, -0.1) is 11.3 Å². The van der Waals surface area contributed by atoms with Crippen molar-refractivity contribution in [1.29, 1.82) is 0 Å². The standard InChI is InChI=1S/C21H25N3O3S2/c1-3-24(4-2)13-14-27-20(26)16-7-9-17(10-8-16)22-21(28)23-19(25)12-11-18-6-5-15-29-18/h5-12,15H,3-4,13-14H2,1-2H3,(H2,22,23,25,28). The van der Waals surface area contributed by atoms with Crippen LogP contribution in [0.2, 0.25) is 0 Å². The van der Waals surface area contributed by atoms with Crippen LogP contribution in [-0.4, -0.2) is 48.1 Å². The average molecular weight is 432 g/mol. The number of nitrogens with one attached hydrogen (secondary N) is 2. The van der Waals surface area contributed by atoms with Gasteiger partial charge in [0.15, 0.2) is 5.11 Å². The summed E-state index contributed by atoms with van der Waals surface area (Å²) in [7, 11) is 0. The monoisotopic (exact) mass is 431 g/mol. The Bertz CT molecular complexity index is 829. The van der Waals surface area contributed by atoms with Crippen LogP contribution in [0.4, 0.5) is 5.69 Å². The molecule has 0 fully saturated rings. The van der Waals surface area contributed by atoms with E-state index in [1.54, 1.807) is 41.7 Å². The van der Waals surface area contributed by atoms with E-state index in [9.17, 15) is 9.59 Å². The number of thiophene rings is 1. The fourth-order valence-electron chi connectivity index (χ4n) is 2.44. The van der Waals surface area contributed by atoms with Gasteiger partial charge in [0.25, 0.3) is 0 Å². The van der Waals surface area contributed by atoms with Gasteiger partial charge in [-0.05, 0) is 67.1 Å². The van der Waals surface area contributed by atoms with Crippen molar-refractivity contribution in [2.45, 2.75) is 13.8 Å². The predicted octanol–water partition coefficient (Wildman–Crippen LogP) is 3.77. The van der Waals surface area contributed by atoms with Gasteiger partial charge in [0.2, 0.25) is 5.91 Å². The van der Waals surface area contributed by atoms with E-state index in [-0.39, 0.29) is 17.0 Å². The Hall–Kier alpha value is -2.55. The Kier molecular flexibility index (Phi) is 9.49.